The van der Waals surface area contributed by atoms with Gasteiger partial charge in [-0.15, -0.1) is 11.3 Å². The van der Waals surface area contributed by atoms with Gasteiger partial charge < -0.3 is 14.4 Å². The van der Waals surface area contributed by atoms with Crippen LogP contribution in [0.25, 0.3) is 0 Å². The lowest BCUT2D eigenvalue weighted by atomic mass is 10.2. The van der Waals surface area contributed by atoms with Gasteiger partial charge >= 0.3 is 5.97 Å². The minimum atomic E-state index is -1.03. The first kappa shape index (κ1) is 16.2. The van der Waals surface area contributed by atoms with Gasteiger partial charge in [0.15, 0.2) is 0 Å². The van der Waals surface area contributed by atoms with Crippen molar-refractivity contribution < 1.29 is 19.1 Å². The molecule has 0 saturated carbocycles. The molecular formula is C15H18N2O4S. The molecule has 0 atom stereocenters. The van der Waals surface area contributed by atoms with Gasteiger partial charge in [-0.3, -0.25) is 4.79 Å². The van der Waals surface area contributed by atoms with Crippen molar-refractivity contribution in [3.8, 4) is 0 Å². The topological polar surface area (TPSA) is 83.6 Å². The highest BCUT2D eigenvalue weighted by molar-refractivity contribution is 7.13. The van der Waals surface area contributed by atoms with Gasteiger partial charge in [0, 0.05) is 7.05 Å². The number of aromatic carboxylic acids is 1. The van der Waals surface area contributed by atoms with Crippen LogP contribution in [0.5, 0.6) is 0 Å². The summed E-state index contributed by atoms with van der Waals surface area (Å²) in [7, 11) is 1.65. The van der Waals surface area contributed by atoms with E-state index >= 15 is 0 Å². The molecule has 0 aliphatic carbocycles. The van der Waals surface area contributed by atoms with Crippen LogP contribution in [-0.2, 0) is 13.0 Å². The molecule has 2 aromatic rings. The number of carboxylic acid groups (broad SMARTS) is 1. The third kappa shape index (κ3) is 3.54. The van der Waals surface area contributed by atoms with Crippen LogP contribution in [0.1, 0.15) is 49.9 Å². The van der Waals surface area contributed by atoms with Crippen LogP contribution in [0.3, 0.4) is 0 Å². The van der Waals surface area contributed by atoms with Crippen LogP contribution in [0.4, 0.5) is 0 Å². The molecule has 0 bridgehead atoms. The van der Waals surface area contributed by atoms with Crippen LogP contribution in [0.2, 0.25) is 0 Å². The predicted molar refractivity (Wildman–Crippen MR) is 82.3 cm³/mol. The molecule has 0 aliphatic rings. The van der Waals surface area contributed by atoms with Crippen molar-refractivity contribution in [3.05, 3.63) is 39.2 Å². The van der Waals surface area contributed by atoms with Crippen LogP contribution < -0.4 is 0 Å². The van der Waals surface area contributed by atoms with Gasteiger partial charge in [0.2, 0.25) is 0 Å². The Labute approximate surface area is 132 Å². The van der Waals surface area contributed by atoms with Gasteiger partial charge in [0.1, 0.15) is 22.0 Å². The van der Waals surface area contributed by atoms with E-state index in [2.05, 4.69) is 11.9 Å². The Morgan fingerprint density at radius 2 is 2.18 bits per heavy atom. The Kier molecular flexibility index (Phi) is 4.97. The van der Waals surface area contributed by atoms with E-state index in [1.807, 2.05) is 0 Å². The number of furan rings is 1. The number of nitrogens with zero attached hydrogens (tertiary/aromatic N) is 2. The summed E-state index contributed by atoms with van der Waals surface area (Å²) in [6, 6.07) is 1.45. The number of rotatable bonds is 6. The standard InChI is InChI=1S/C15H18N2O4S/c1-4-5-13-16-7-12(22-13)14(18)17(3)8-10-6-11(15(19)20)9(2)21-10/h6-7H,4-5,8H2,1-3H3,(H,19,20). The minimum Gasteiger partial charge on any atom is -0.478 e. The fourth-order valence-electron chi connectivity index (χ4n) is 2.07. The highest BCUT2D eigenvalue weighted by atomic mass is 32.1. The normalized spacial score (nSPS) is 10.7. The van der Waals surface area contributed by atoms with E-state index in [-0.39, 0.29) is 18.0 Å². The maximum atomic E-state index is 12.3. The van der Waals surface area contributed by atoms with Crippen molar-refractivity contribution in [3.63, 3.8) is 0 Å². The van der Waals surface area contributed by atoms with Gasteiger partial charge in [-0.2, -0.15) is 0 Å². The zero-order chi connectivity index (χ0) is 16.3. The van der Waals surface area contributed by atoms with Gasteiger partial charge in [-0.25, -0.2) is 9.78 Å². The summed E-state index contributed by atoms with van der Waals surface area (Å²) in [4.78, 5) is 29.6. The average molecular weight is 322 g/mol. The lowest BCUT2D eigenvalue weighted by molar-refractivity contribution is 0.0694. The van der Waals surface area contributed by atoms with Crippen molar-refractivity contribution in [2.24, 2.45) is 0 Å². The molecule has 1 N–H and O–H groups in total. The van der Waals surface area contributed by atoms with Crippen LogP contribution >= 0.6 is 11.3 Å². The molecule has 6 nitrogen and oxygen atoms in total. The van der Waals surface area contributed by atoms with E-state index in [1.54, 1.807) is 20.2 Å². The van der Waals surface area contributed by atoms with Crippen LogP contribution in [0, 0.1) is 6.92 Å². The molecule has 118 valence electrons. The van der Waals surface area contributed by atoms with E-state index in [0.29, 0.717) is 16.4 Å². The maximum Gasteiger partial charge on any atom is 0.339 e. The molecule has 2 rings (SSSR count). The third-order valence-corrected chi connectivity index (χ3v) is 4.21. The highest BCUT2D eigenvalue weighted by Gasteiger charge is 2.19. The second-order valence-corrected chi connectivity index (χ2v) is 6.13. The van der Waals surface area contributed by atoms with E-state index in [4.69, 9.17) is 9.52 Å². The van der Waals surface area contributed by atoms with Crippen LogP contribution in [-0.4, -0.2) is 33.9 Å². The molecule has 2 aromatic heterocycles. The summed E-state index contributed by atoms with van der Waals surface area (Å²) >= 11 is 1.39. The van der Waals surface area contributed by atoms with Crippen LogP contribution in [0.15, 0.2) is 16.7 Å². The number of carbonyl (C=O) groups excluding carboxylic acids is 1. The fraction of sp³-hybridized carbons (Fsp3) is 0.400. The lowest BCUT2D eigenvalue weighted by Gasteiger charge is -2.14. The number of thiazole rings is 1. The Balaban J connectivity index is 2.07. The third-order valence-electron chi connectivity index (χ3n) is 3.17. The van der Waals surface area contributed by atoms with Crippen molar-refractivity contribution in [2.45, 2.75) is 33.2 Å². The second kappa shape index (κ2) is 6.74. The fourth-order valence-corrected chi connectivity index (χ4v) is 3.08. The maximum absolute atomic E-state index is 12.3. The Bertz CT molecular complexity index is 690. The summed E-state index contributed by atoms with van der Waals surface area (Å²) in [5.74, 6) is -0.394. The summed E-state index contributed by atoms with van der Waals surface area (Å²) in [5, 5.41) is 9.95. The predicted octanol–water partition coefficient (Wildman–Crippen LogP) is 2.97. The number of carboxylic acids is 1. The van der Waals surface area contributed by atoms with Crippen molar-refractivity contribution in [1.82, 2.24) is 9.88 Å². The summed E-state index contributed by atoms with van der Waals surface area (Å²) in [5.41, 5.74) is 0.124. The van der Waals surface area contributed by atoms with Crippen molar-refractivity contribution in [1.29, 1.82) is 0 Å². The SMILES string of the molecule is CCCc1ncc(C(=O)N(C)Cc2cc(C(=O)O)c(C)o2)s1. The van der Waals surface area contributed by atoms with Gasteiger partial charge in [-0.1, -0.05) is 6.92 Å². The molecule has 0 spiro atoms. The molecule has 7 heteroatoms. The second-order valence-electron chi connectivity index (χ2n) is 5.02. The Morgan fingerprint density at radius 3 is 2.77 bits per heavy atom. The molecule has 2 heterocycles. The first-order valence-corrected chi connectivity index (χ1v) is 7.76. The zero-order valence-electron chi connectivity index (χ0n) is 12.8. The van der Waals surface area contributed by atoms with Gasteiger partial charge in [-0.05, 0) is 25.8 Å². The Morgan fingerprint density at radius 1 is 1.45 bits per heavy atom. The first-order valence-electron chi connectivity index (χ1n) is 6.95. The molecule has 0 aromatic carbocycles. The molecule has 0 fully saturated rings. The zero-order valence-corrected chi connectivity index (χ0v) is 13.6. The number of hydrogen-bond acceptors (Lipinski definition) is 5. The number of aryl methyl sites for hydroxylation is 2. The number of aromatic nitrogens is 1. The van der Waals surface area contributed by atoms with E-state index in [0.717, 1.165) is 17.8 Å². The number of hydrogen-bond donors (Lipinski definition) is 1. The monoisotopic (exact) mass is 322 g/mol. The lowest BCUT2D eigenvalue weighted by Crippen LogP contribution is -2.25. The van der Waals surface area contributed by atoms with Gasteiger partial charge in [0.25, 0.3) is 5.91 Å². The largest absolute Gasteiger partial charge is 0.478 e. The Hall–Kier alpha value is -2.15. The van der Waals surface area contributed by atoms with E-state index in [9.17, 15) is 9.59 Å². The quantitative estimate of drug-likeness (QED) is 0.884. The van der Waals surface area contributed by atoms with E-state index in [1.165, 1.54) is 22.3 Å². The molecule has 0 unspecified atom stereocenters. The summed E-state index contributed by atoms with van der Waals surface area (Å²) in [6.45, 7) is 3.87. The number of carbonyl (C=O) groups is 2. The average Bonchev–Trinajstić information content (AvgIpc) is 3.05. The molecular weight excluding hydrogens is 304 g/mol. The molecule has 0 radical (unpaired) electrons. The van der Waals surface area contributed by atoms with Crippen molar-refractivity contribution in [2.75, 3.05) is 7.05 Å². The molecule has 0 saturated heterocycles. The van der Waals surface area contributed by atoms with E-state index < -0.39 is 5.97 Å². The number of amides is 1. The summed E-state index contributed by atoms with van der Waals surface area (Å²) < 4.78 is 5.39. The minimum absolute atomic E-state index is 0.124. The van der Waals surface area contributed by atoms with Gasteiger partial charge in [0.05, 0.1) is 17.7 Å². The molecule has 22 heavy (non-hydrogen) atoms. The molecule has 0 aliphatic heterocycles. The highest BCUT2D eigenvalue weighted by Crippen LogP contribution is 2.19. The first-order chi connectivity index (χ1) is 10.4. The smallest absolute Gasteiger partial charge is 0.339 e. The molecule has 1 amide bonds. The van der Waals surface area contributed by atoms with Crippen molar-refractivity contribution >= 4 is 23.2 Å². The summed E-state index contributed by atoms with van der Waals surface area (Å²) in [6.07, 6.45) is 3.44.